The first-order valence-electron chi connectivity index (χ1n) is 6.30. The van der Waals surface area contributed by atoms with E-state index in [1.54, 1.807) is 0 Å². The molecule has 2 nitrogen and oxygen atoms in total. The maximum absolute atomic E-state index is 11.9. The first kappa shape index (κ1) is 12.2. The zero-order valence-electron chi connectivity index (χ0n) is 10.4. The normalized spacial score (nSPS) is 14.5. The zero-order chi connectivity index (χ0) is 13.2. The fourth-order valence-corrected chi connectivity index (χ4v) is 2.37. The van der Waals surface area contributed by atoms with E-state index in [2.05, 4.69) is 0 Å². The number of ketones is 1. The third-order valence-electron chi connectivity index (χ3n) is 3.27. The summed E-state index contributed by atoms with van der Waals surface area (Å²) >= 11 is 5.89. The van der Waals surface area contributed by atoms with Crippen LogP contribution in [-0.2, 0) is 0 Å². The molecule has 0 N–H and O–H groups in total. The van der Waals surface area contributed by atoms with E-state index in [1.165, 1.54) is 0 Å². The van der Waals surface area contributed by atoms with E-state index < -0.39 is 0 Å². The van der Waals surface area contributed by atoms with Crippen molar-refractivity contribution in [3.8, 4) is 16.9 Å². The molecule has 0 saturated heterocycles. The Kier molecular flexibility index (Phi) is 3.26. The molecule has 0 radical (unpaired) electrons. The number of fused-ring (bicyclic) bond motifs is 1. The molecule has 0 fully saturated rings. The van der Waals surface area contributed by atoms with E-state index in [-0.39, 0.29) is 5.78 Å². The number of carbonyl (C=O) groups excluding carboxylic acids is 1. The Morgan fingerprint density at radius 1 is 1.00 bits per heavy atom. The Morgan fingerprint density at radius 2 is 1.74 bits per heavy atom. The van der Waals surface area contributed by atoms with Crippen LogP contribution in [0.5, 0.6) is 5.75 Å². The summed E-state index contributed by atoms with van der Waals surface area (Å²) in [5, 5.41) is 0.713. The van der Waals surface area contributed by atoms with Crippen LogP contribution in [0, 0.1) is 0 Å². The molecule has 0 unspecified atom stereocenters. The average molecular weight is 273 g/mol. The van der Waals surface area contributed by atoms with Gasteiger partial charge in [-0.05, 0) is 41.8 Å². The maximum Gasteiger partial charge on any atom is 0.166 e. The van der Waals surface area contributed by atoms with E-state index in [0.717, 1.165) is 17.5 Å². The summed E-state index contributed by atoms with van der Waals surface area (Å²) in [6.45, 7) is 0.600. The van der Waals surface area contributed by atoms with E-state index in [4.69, 9.17) is 16.3 Å². The Morgan fingerprint density at radius 3 is 2.53 bits per heavy atom. The van der Waals surface area contributed by atoms with Crippen LogP contribution in [0.3, 0.4) is 0 Å². The van der Waals surface area contributed by atoms with Crippen molar-refractivity contribution in [1.82, 2.24) is 0 Å². The van der Waals surface area contributed by atoms with Gasteiger partial charge in [0.05, 0.1) is 12.2 Å². The van der Waals surface area contributed by atoms with Crippen molar-refractivity contribution in [3.05, 3.63) is 53.1 Å². The lowest BCUT2D eigenvalue weighted by atomic mass is 10.0. The second-order valence-corrected chi connectivity index (χ2v) is 5.03. The highest BCUT2D eigenvalue weighted by Crippen LogP contribution is 2.30. The van der Waals surface area contributed by atoms with Crippen LogP contribution in [0.4, 0.5) is 0 Å². The molecule has 0 amide bonds. The molecule has 0 aromatic heterocycles. The van der Waals surface area contributed by atoms with Gasteiger partial charge in [-0.1, -0.05) is 29.8 Å². The average Bonchev–Trinajstić information content (AvgIpc) is 2.61. The lowest BCUT2D eigenvalue weighted by Gasteiger charge is -2.09. The molecule has 0 aliphatic carbocycles. The number of hydrogen-bond donors (Lipinski definition) is 0. The summed E-state index contributed by atoms with van der Waals surface area (Å²) in [5.41, 5.74) is 2.79. The first-order chi connectivity index (χ1) is 9.24. The second-order valence-electron chi connectivity index (χ2n) is 4.59. The van der Waals surface area contributed by atoms with Crippen LogP contribution in [0.15, 0.2) is 42.5 Å². The Labute approximate surface area is 117 Å². The van der Waals surface area contributed by atoms with Gasteiger partial charge < -0.3 is 4.74 Å². The highest BCUT2D eigenvalue weighted by molar-refractivity contribution is 6.30. The lowest BCUT2D eigenvalue weighted by molar-refractivity contribution is 0.0983. The summed E-state index contributed by atoms with van der Waals surface area (Å²) in [7, 11) is 0. The number of Topliss-reactive ketones (excluding diaryl/α,β-unsaturated/α-hetero) is 1. The highest BCUT2D eigenvalue weighted by Gasteiger charge is 2.17. The number of carbonyl (C=O) groups is 1. The summed E-state index contributed by atoms with van der Waals surface area (Å²) in [5.74, 6) is 0.852. The minimum atomic E-state index is 0.162. The van der Waals surface area contributed by atoms with Gasteiger partial charge in [0.1, 0.15) is 5.75 Å². The van der Waals surface area contributed by atoms with Gasteiger partial charge in [0.25, 0.3) is 0 Å². The quantitative estimate of drug-likeness (QED) is 0.771. The van der Waals surface area contributed by atoms with Crippen LogP contribution in [0.2, 0.25) is 5.02 Å². The van der Waals surface area contributed by atoms with Crippen LogP contribution in [0.1, 0.15) is 23.2 Å². The number of halogens is 1. The van der Waals surface area contributed by atoms with Crippen molar-refractivity contribution < 1.29 is 9.53 Å². The largest absolute Gasteiger partial charge is 0.493 e. The molecule has 19 heavy (non-hydrogen) atoms. The van der Waals surface area contributed by atoms with Gasteiger partial charge in [0.15, 0.2) is 5.78 Å². The van der Waals surface area contributed by atoms with Gasteiger partial charge in [-0.2, -0.15) is 0 Å². The third-order valence-corrected chi connectivity index (χ3v) is 3.52. The molecule has 0 bridgehead atoms. The van der Waals surface area contributed by atoms with Crippen LogP contribution in [-0.4, -0.2) is 12.4 Å². The fraction of sp³-hybridized carbons (Fsp3) is 0.188. The summed E-state index contributed by atoms with van der Waals surface area (Å²) in [6, 6.07) is 13.4. The molecule has 96 valence electrons. The molecular formula is C16H13ClO2. The van der Waals surface area contributed by atoms with Gasteiger partial charge in [0, 0.05) is 11.4 Å². The SMILES string of the molecule is O=C1CCCOc2cc(-c3ccc(Cl)cc3)ccc21. The van der Waals surface area contributed by atoms with E-state index in [1.807, 2.05) is 42.5 Å². The Balaban J connectivity index is 2.03. The molecule has 3 heteroatoms. The predicted molar refractivity (Wildman–Crippen MR) is 75.9 cm³/mol. The van der Waals surface area contributed by atoms with Crippen molar-refractivity contribution in [3.63, 3.8) is 0 Å². The van der Waals surface area contributed by atoms with Crippen molar-refractivity contribution in [2.45, 2.75) is 12.8 Å². The van der Waals surface area contributed by atoms with Crippen LogP contribution < -0.4 is 4.74 Å². The van der Waals surface area contributed by atoms with E-state index in [0.29, 0.717) is 29.4 Å². The summed E-state index contributed by atoms with van der Waals surface area (Å²) in [6.07, 6.45) is 1.34. The summed E-state index contributed by atoms with van der Waals surface area (Å²) < 4.78 is 5.66. The molecule has 3 rings (SSSR count). The monoisotopic (exact) mass is 272 g/mol. The van der Waals surface area contributed by atoms with Crippen molar-refractivity contribution in [1.29, 1.82) is 0 Å². The van der Waals surface area contributed by atoms with Gasteiger partial charge in [0.2, 0.25) is 0 Å². The maximum atomic E-state index is 11.9. The zero-order valence-corrected chi connectivity index (χ0v) is 11.1. The minimum absolute atomic E-state index is 0.162. The molecular weight excluding hydrogens is 260 g/mol. The molecule has 0 saturated carbocycles. The molecule has 2 aromatic rings. The third kappa shape index (κ3) is 2.49. The summed E-state index contributed by atoms with van der Waals surface area (Å²) in [4.78, 5) is 11.9. The molecule has 0 spiro atoms. The Hall–Kier alpha value is -1.80. The highest BCUT2D eigenvalue weighted by atomic mass is 35.5. The molecule has 1 aliphatic heterocycles. The molecule has 1 heterocycles. The van der Waals surface area contributed by atoms with Crippen molar-refractivity contribution >= 4 is 17.4 Å². The number of benzene rings is 2. The second kappa shape index (κ2) is 5.06. The van der Waals surface area contributed by atoms with Crippen LogP contribution >= 0.6 is 11.6 Å². The Bertz CT molecular complexity index is 617. The number of hydrogen-bond acceptors (Lipinski definition) is 2. The molecule has 2 aromatic carbocycles. The van der Waals surface area contributed by atoms with Crippen molar-refractivity contribution in [2.75, 3.05) is 6.61 Å². The first-order valence-corrected chi connectivity index (χ1v) is 6.68. The predicted octanol–water partition coefficient (Wildman–Crippen LogP) is 4.36. The van der Waals surface area contributed by atoms with Gasteiger partial charge in [-0.3, -0.25) is 4.79 Å². The molecule has 0 atom stereocenters. The van der Waals surface area contributed by atoms with E-state index in [9.17, 15) is 4.79 Å². The van der Waals surface area contributed by atoms with E-state index >= 15 is 0 Å². The fourth-order valence-electron chi connectivity index (χ4n) is 2.24. The molecule has 1 aliphatic rings. The smallest absolute Gasteiger partial charge is 0.166 e. The van der Waals surface area contributed by atoms with Crippen molar-refractivity contribution in [2.24, 2.45) is 0 Å². The standard InChI is InChI=1S/C16H13ClO2/c17-13-6-3-11(4-7-13)12-5-8-14-15(18)2-1-9-19-16(14)10-12/h3-8,10H,1-2,9H2. The van der Waals surface area contributed by atoms with Gasteiger partial charge in [-0.25, -0.2) is 0 Å². The van der Waals surface area contributed by atoms with Gasteiger partial charge >= 0.3 is 0 Å². The van der Waals surface area contributed by atoms with Gasteiger partial charge in [-0.15, -0.1) is 0 Å². The topological polar surface area (TPSA) is 26.3 Å². The number of ether oxygens (including phenoxy) is 1. The lowest BCUT2D eigenvalue weighted by Crippen LogP contribution is -1.97. The minimum Gasteiger partial charge on any atom is -0.493 e. The van der Waals surface area contributed by atoms with Crippen LogP contribution in [0.25, 0.3) is 11.1 Å². The number of rotatable bonds is 1.